The largest absolute Gasteiger partial charge is 0.430 e. The van der Waals surface area contributed by atoms with Gasteiger partial charge >= 0.3 is 6.09 Å². The summed E-state index contributed by atoms with van der Waals surface area (Å²) < 4.78 is 29.6. The van der Waals surface area contributed by atoms with E-state index < -0.39 is 22.3 Å². The number of hydrogen-bond donors (Lipinski definition) is 4. The highest BCUT2D eigenvalue weighted by Gasteiger charge is 2.22. The summed E-state index contributed by atoms with van der Waals surface area (Å²) in [4.78, 5) is 30.0. The summed E-state index contributed by atoms with van der Waals surface area (Å²) in [5.41, 5.74) is 2.99. The molecule has 0 spiro atoms. The summed E-state index contributed by atoms with van der Waals surface area (Å²) in [6, 6.07) is 20.7. The second kappa shape index (κ2) is 16.5. The third kappa shape index (κ3) is 10.1. The SMILES string of the molecule is CCN(CC)C(C)OC(=O)NC(=N)c1cccc(N(CC(=O)Nc2ccc(-c3ccccc3S(N)(=O)=O)cc2)CC2CCCCC2)c1. The highest BCUT2D eigenvalue weighted by molar-refractivity contribution is 7.89. The van der Waals surface area contributed by atoms with E-state index in [1.54, 1.807) is 55.5 Å². The number of alkyl carbamates (subject to hydrolysis) is 1. The zero-order valence-corrected chi connectivity index (χ0v) is 28.2. The van der Waals surface area contributed by atoms with Crippen LogP contribution in [0.4, 0.5) is 16.2 Å². The van der Waals surface area contributed by atoms with E-state index in [2.05, 4.69) is 10.6 Å². The van der Waals surface area contributed by atoms with Crippen molar-refractivity contribution in [2.24, 2.45) is 11.1 Å². The van der Waals surface area contributed by atoms with Gasteiger partial charge in [0.25, 0.3) is 0 Å². The van der Waals surface area contributed by atoms with Crippen LogP contribution in [-0.4, -0.2) is 63.6 Å². The molecule has 1 aliphatic rings. The average molecular weight is 663 g/mol. The Bertz CT molecular complexity index is 1640. The predicted octanol–water partition coefficient (Wildman–Crippen LogP) is 5.77. The lowest BCUT2D eigenvalue weighted by atomic mass is 9.89. The molecule has 0 radical (unpaired) electrons. The first kappa shape index (κ1) is 35.6. The lowest BCUT2D eigenvalue weighted by Crippen LogP contribution is -2.41. The van der Waals surface area contributed by atoms with Gasteiger partial charge in [-0.25, -0.2) is 18.4 Å². The molecule has 0 saturated heterocycles. The van der Waals surface area contributed by atoms with Gasteiger partial charge in [-0.05, 0) is 74.7 Å². The molecule has 4 rings (SSSR count). The number of sulfonamides is 1. The standard InChI is InChI=1S/C35H46N6O5S/c1-4-40(5-2)25(3)46-35(43)39-34(36)28-14-11-15-30(22-28)41(23-26-12-7-6-8-13-26)24-33(42)38-29-20-18-27(19-21-29)31-16-9-10-17-32(31)47(37,44)45/h9-11,14-22,25-26H,4-8,12-13,23-24H2,1-3H3,(H,38,42)(H2,36,39,43)(H2,37,44,45). The summed E-state index contributed by atoms with van der Waals surface area (Å²) in [7, 11) is -3.91. The van der Waals surface area contributed by atoms with E-state index in [0.717, 1.165) is 44.5 Å². The van der Waals surface area contributed by atoms with Crippen LogP contribution in [0.1, 0.15) is 58.4 Å². The van der Waals surface area contributed by atoms with Crippen molar-refractivity contribution in [3.63, 3.8) is 0 Å². The van der Waals surface area contributed by atoms with Crippen LogP contribution in [0.2, 0.25) is 0 Å². The maximum atomic E-state index is 13.4. The van der Waals surface area contributed by atoms with Gasteiger partial charge in [-0.2, -0.15) is 0 Å². The van der Waals surface area contributed by atoms with Crippen molar-refractivity contribution >= 4 is 39.2 Å². The molecular weight excluding hydrogens is 616 g/mol. The van der Waals surface area contributed by atoms with Gasteiger partial charge in [0.15, 0.2) is 6.23 Å². The molecule has 0 heterocycles. The number of primary sulfonamides is 1. The first-order valence-corrected chi connectivity index (χ1v) is 17.7. The summed E-state index contributed by atoms with van der Waals surface area (Å²) in [5.74, 6) is 0.133. The molecule has 12 heteroatoms. The molecule has 0 aromatic heterocycles. The molecule has 1 aliphatic carbocycles. The highest BCUT2D eigenvalue weighted by Crippen LogP contribution is 2.29. The molecule has 0 bridgehead atoms. The Balaban J connectivity index is 1.47. The van der Waals surface area contributed by atoms with Crippen LogP contribution in [0, 0.1) is 11.3 Å². The number of ether oxygens (including phenoxy) is 1. The van der Waals surface area contributed by atoms with Crippen LogP contribution in [0.15, 0.2) is 77.7 Å². The topological polar surface area (TPSA) is 158 Å². The molecule has 252 valence electrons. The number of amides is 2. The maximum absolute atomic E-state index is 13.4. The Morgan fingerprint density at radius 1 is 0.979 bits per heavy atom. The third-order valence-corrected chi connectivity index (χ3v) is 9.51. The van der Waals surface area contributed by atoms with Crippen molar-refractivity contribution in [3.8, 4) is 11.1 Å². The van der Waals surface area contributed by atoms with Crippen LogP contribution in [0.5, 0.6) is 0 Å². The number of benzene rings is 3. The number of carbonyl (C=O) groups is 2. The van der Waals surface area contributed by atoms with E-state index in [-0.39, 0.29) is 23.2 Å². The van der Waals surface area contributed by atoms with Gasteiger partial charge in [-0.3, -0.25) is 20.4 Å². The molecule has 3 aromatic carbocycles. The van der Waals surface area contributed by atoms with Gasteiger partial charge in [0.2, 0.25) is 15.9 Å². The predicted molar refractivity (Wildman–Crippen MR) is 186 cm³/mol. The van der Waals surface area contributed by atoms with Crippen molar-refractivity contribution in [2.45, 2.75) is 64.0 Å². The number of carbonyl (C=O) groups excluding carboxylic acids is 2. The minimum absolute atomic E-state index is 0.0340. The zero-order chi connectivity index (χ0) is 34.0. The van der Waals surface area contributed by atoms with Gasteiger partial charge in [0, 0.05) is 29.0 Å². The molecule has 2 amide bonds. The fourth-order valence-corrected chi connectivity index (χ4v) is 6.79. The van der Waals surface area contributed by atoms with Gasteiger partial charge in [0.05, 0.1) is 11.4 Å². The third-order valence-electron chi connectivity index (χ3n) is 8.54. The Hall–Kier alpha value is -4.26. The normalized spacial score (nSPS) is 14.3. The second-order valence-electron chi connectivity index (χ2n) is 11.8. The fourth-order valence-electron chi connectivity index (χ4n) is 6.03. The first-order valence-electron chi connectivity index (χ1n) is 16.2. The summed E-state index contributed by atoms with van der Waals surface area (Å²) in [6.45, 7) is 8.01. The van der Waals surface area contributed by atoms with E-state index in [1.807, 2.05) is 41.8 Å². The molecule has 1 unspecified atom stereocenters. The Morgan fingerprint density at radius 3 is 2.32 bits per heavy atom. The molecule has 1 saturated carbocycles. The van der Waals surface area contributed by atoms with Gasteiger partial charge < -0.3 is 15.0 Å². The van der Waals surface area contributed by atoms with Crippen molar-refractivity contribution in [3.05, 3.63) is 78.4 Å². The molecule has 11 nitrogen and oxygen atoms in total. The van der Waals surface area contributed by atoms with Crippen molar-refractivity contribution in [1.82, 2.24) is 10.2 Å². The van der Waals surface area contributed by atoms with Crippen LogP contribution in [0.3, 0.4) is 0 Å². The van der Waals surface area contributed by atoms with Crippen molar-refractivity contribution in [1.29, 1.82) is 5.41 Å². The first-order chi connectivity index (χ1) is 22.5. The summed E-state index contributed by atoms with van der Waals surface area (Å²) >= 11 is 0. The zero-order valence-electron chi connectivity index (χ0n) is 27.4. The quantitative estimate of drug-likeness (QED) is 0.103. The van der Waals surface area contributed by atoms with Crippen LogP contribution < -0.4 is 20.7 Å². The van der Waals surface area contributed by atoms with Gasteiger partial charge in [-0.1, -0.05) is 75.6 Å². The Kier molecular flexibility index (Phi) is 12.5. The lowest BCUT2D eigenvalue weighted by Gasteiger charge is -2.31. The number of rotatable bonds is 13. The number of hydrogen-bond acceptors (Lipinski definition) is 8. The smallest absolute Gasteiger partial charge is 0.414 e. The van der Waals surface area contributed by atoms with E-state index in [1.165, 1.54) is 12.5 Å². The second-order valence-corrected chi connectivity index (χ2v) is 13.4. The lowest BCUT2D eigenvalue weighted by molar-refractivity contribution is -0.115. The Morgan fingerprint density at radius 2 is 1.66 bits per heavy atom. The maximum Gasteiger partial charge on any atom is 0.414 e. The number of nitrogens with one attached hydrogen (secondary N) is 3. The minimum atomic E-state index is -3.91. The molecule has 5 N–H and O–H groups in total. The number of nitrogens with two attached hydrogens (primary N) is 1. The van der Waals surface area contributed by atoms with E-state index in [4.69, 9.17) is 15.3 Å². The average Bonchev–Trinajstić information content (AvgIpc) is 3.05. The summed E-state index contributed by atoms with van der Waals surface area (Å²) in [6.07, 6.45) is 4.60. The molecule has 0 aliphatic heterocycles. The van der Waals surface area contributed by atoms with Crippen LogP contribution in [-0.2, 0) is 19.6 Å². The highest BCUT2D eigenvalue weighted by atomic mass is 32.2. The number of nitrogens with zero attached hydrogens (tertiary/aromatic N) is 2. The van der Waals surface area contributed by atoms with Crippen molar-refractivity contribution < 1.29 is 22.7 Å². The van der Waals surface area contributed by atoms with Gasteiger partial charge in [0.1, 0.15) is 5.84 Å². The van der Waals surface area contributed by atoms with Crippen molar-refractivity contribution in [2.75, 3.05) is 36.4 Å². The van der Waals surface area contributed by atoms with E-state index in [9.17, 15) is 18.0 Å². The van der Waals surface area contributed by atoms with Crippen LogP contribution >= 0.6 is 0 Å². The van der Waals surface area contributed by atoms with E-state index >= 15 is 0 Å². The van der Waals surface area contributed by atoms with Gasteiger partial charge in [-0.15, -0.1) is 0 Å². The number of anilines is 2. The number of amidine groups is 1. The molecule has 1 atom stereocenters. The van der Waals surface area contributed by atoms with E-state index in [0.29, 0.717) is 34.8 Å². The minimum Gasteiger partial charge on any atom is -0.430 e. The molecule has 1 fully saturated rings. The Labute approximate surface area is 278 Å². The monoisotopic (exact) mass is 662 g/mol. The summed E-state index contributed by atoms with van der Waals surface area (Å²) in [5, 5.41) is 19.5. The molecule has 3 aromatic rings. The van der Waals surface area contributed by atoms with Crippen LogP contribution in [0.25, 0.3) is 11.1 Å². The molecule has 47 heavy (non-hydrogen) atoms. The molecular formula is C35H46N6O5S. The fraction of sp³-hybridized carbons (Fsp3) is 0.400.